The summed E-state index contributed by atoms with van der Waals surface area (Å²) < 4.78 is 7.26. The highest BCUT2D eigenvalue weighted by Gasteiger charge is 2.12. The molecular weight excluding hydrogens is 302 g/mol. The first-order valence-corrected chi connectivity index (χ1v) is 8.04. The van der Waals surface area contributed by atoms with Crippen molar-refractivity contribution in [3.63, 3.8) is 0 Å². The predicted molar refractivity (Wildman–Crippen MR) is 85.9 cm³/mol. The second kappa shape index (κ2) is 8.60. The molecule has 0 heterocycles. The second-order valence-electron chi connectivity index (χ2n) is 5.10. The quantitative estimate of drug-likeness (QED) is 0.691. The molecule has 0 aromatic heterocycles. The van der Waals surface area contributed by atoms with Gasteiger partial charge in [-0.25, -0.2) is 0 Å². The van der Waals surface area contributed by atoms with E-state index in [-0.39, 0.29) is 6.10 Å². The lowest BCUT2D eigenvalue weighted by Crippen LogP contribution is -2.18. The molecule has 0 amide bonds. The fraction of sp³-hybridized carbons (Fsp3) is 0.625. The number of rotatable bonds is 8. The summed E-state index contributed by atoms with van der Waals surface area (Å²) in [6.07, 6.45) is 3.67. The normalized spacial score (nSPS) is 12.5. The number of aryl methyl sites for hydroxylation is 1. The number of hydrogen-bond acceptors (Lipinski definition) is 2. The molecule has 0 fully saturated rings. The first-order valence-electron chi connectivity index (χ1n) is 7.24. The van der Waals surface area contributed by atoms with E-state index in [9.17, 15) is 0 Å². The molecule has 0 aliphatic rings. The Morgan fingerprint density at radius 2 is 2.00 bits per heavy atom. The van der Waals surface area contributed by atoms with Crippen LogP contribution in [-0.4, -0.2) is 12.6 Å². The van der Waals surface area contributed by atoms with E-state index in [1.54, 1.807) is 0 Å². The topological polar surface area (TPSA) is 21.3 Å². The van der Waals surface area contributed by atoms with Crippen LogP contribution in [0.4, 0.5) is 0 Å². The summed E-state index contributed by atoms with van der Waals surface area (Å²) in [5.41, 5.74) is 2.44. The van der Waals surface area contributed by atoms with Gasteiger partial charge in [-0.05, 0) is 50.9 Å². The molecule has 0 radical (unpaired) electrons. The zero-order chi connectivity index (χ0) is 14.3. The number of hydrogen-bond donors (Lipinski definition) is 1. The van der Waals surface area contributed by atoms with Gasteiger partial charge < -0.3 is 10.1 Å². The number of benzene rings is 1. The van der Waals surface area contributed by atoms with E-state index in [1.807, 2.05) is 0 Å². The minimum atomic E-state index is 0.273. The van der Waals surface area contributed by atoms with Crippen LogP contribution in [0, 0.1) is 6.92 Å². The average Bonchev–Trinajstić information content (AvgIpc) is 2.34. The molecule has 1 unspecified atom stereocenters. The molecule has 19 heavy (non-hydrogen) atoms. The summed E-state index contributed by atoms with van der Waals surface area (Å²) >= 11 is 3.57. The van der Waals surface area contributed by atoms with Crippen molar-refractivity contribution in [1.82, 2.24) is 5.32 Å². The third kappa shape index (κ3) is 5.53. The second-order valence-corrected chi connectivity index (χ2v) is 6.02. The molecule has 1 N–H and O–H groups in total. The van der Waals surface area contributed by atoms with Crippen molar-refractivity contribution >= 4 is 15.9 Å². The van der Waals surface area contributed by atoms with Crippen molar-refractivity contribution in [3.05, 3.63) is 27.7 Å². The van der Waals surface area contributed by atoms with Gasteiger partial charge in [0.2, 0.25) is 0 Å². The fourth-order valence-electron chi connectivity index (χ4n) is 2.17. The van der Waals surface area contributed by atoms with E-state index in [1.165, 1.54) is 11.1 Å². The molecule has 0 saturated heterocycles. The lowest BCUT2D eigenvalue weighted by atomic mass is 10.1. The monoisotopic (exact) mass is 327 g/mol. The van der Waals surface area contributed by atoms with Gasteiger partial charge >= 0.3 is 0 Å². The molecule has 1 rings (SSSR count). The van der Waals surface area contributed by atoms with Gasteiger partial charge in [0.1, 0.15) is 5.75 Å². The Labute approximate surface area is 126 Å². The molecule has 2 nitrogen and oxygen atoms in total. The summed E-state index contributed by atoms with van der Waals surface area (Å²) in [5.74, 6) is 1.05. The van der Waals surface area contributed by atoms with Crippen molar-refractivity contribution in [2.24, 2.45) is 0 Å². The van der Waals surface area contributed by atoms with Crippen LogP contribution < -0.4 is 10.1 Å². The van der Waals surface area contributed by atoms with Crippen molar-refractivity contribution in [1.29, 1.82) is 0 Å². The Morgan fingerprint density at radius 3 is 2.63 bits per heavy atom. The van der Waals surface area contributed by atoms with Crippen LogP contribution in [-0.2, 0) is 6.54 Å². The smallest absolute Gasteiger partial charge is 0.127 e. The number of halogens is 1. The maximum absolute atomic E-state index is 6.14. The molecule has 1 atom stereocenters. The Morgan fingerprint density at radius 1 is 1.26 bits per heavy atom. The maximum Gasteiger partial charge on any atom is 0.127 e. The summed E-state index contributed by atoms with van der Waals surface area (Å²) in [7, 11) is 0. The van der Waals surface area contributed by atoms with E-state index in [0.717, 1.165) is 42.6 Å². The summed E-state index contributed by atoms with van der Waals surface area (Å²) in [5, 5.41) is 3.45. The van der Waals surface area contributed by atoms with Gasteiger partial charge in [0.05, 0.1) is 6.10 Å². The Balaban J connectivity index is 2.86. The highest BCUT2D eigenvalue weighted by atomic mass is 79.9. The standard InChI is InChI=1S/C16H26BrNO/c1-5-7-13(4)19-16-12(3)9-15(17)10-14(16)11-18-8-6-2/h9-10,13,18H,5-8,11H2,1-4H3. The van der Waals surface area contributed by atoms with Gasteiger partial charge in [-0.15, -0.1) is 0 Å². The molecule has 108 valence electrons. The van der Waals surface area contributed by atoms with Crippen LogP contribution in [0.3, 0.4) is 0 Å². The van der Waals surface area contributed by atoms with Gasteiger partial charge in [-0.1, -0.05) is 36.2 Å². The Bertz CT molecular complexity index is 393. The van der Waals surface area contributed by atoms with Crippen molar-refractivity contribution < 1.29 is 4.74 Å². The molecule has 1 aromatic rings. The van der Waals surface area contributed by atoms with Gasteiger partial charge in [0.15, 0.2) is 0 Å². The molecule has 1 aromatic carbocycles. The highest BCUT2D eigenvalue weighted by Crippen LogP contribution is 2.29. The molecule has 0 spiro atoms. The summed E-state index contributed by atoms with van der Waals surface area (Å²) in [4.78, 5) is 0. The van der Waals surface area contributed by atoms with E-state index < -0.39 is 0 Å². The van der Waals surface area contributed by atoms with Crippen LogP contribution in [0.25, 0.3) is 0 Å². The largest absolute Gasteiger partial charge is 0.490 e. The third-order valence-electron chi connectivity index (χ3n) is 3.07. The van der Waals surface area contributed by atoms with Crippen molar-refractivity contribution in [3.8, 4) is 5.75 Å². The van der Waals surface area contributed by atoms with Crippen LogP contribution in [0.2, 0.25) is 0 Å². The molecule has 0 aliphatic carbocycles. The molecule has 0 saturated carbocycles. The highest BCUT2D eigenvalue weighted by molar-refractivity contribution is 9.10. The molecule has 0 bridgehead atoms. The molecule has 3 heteroatoms. The van der Waals surface area contributed by atoms with Gasteiger partial charge in [-0.2, -0.15) is 0 Å². The van der Waals surface area contributed by atoms with E-state index in [0.29, 0.717) is 0 Å². The Kier molecular flexibility index (Phi) is 7.47. The van der Waals surface area contributed by atoms with E-state index >= 15 is 0 Å². The fourth-order valence-corrected chi connectivity index (χ4v) is 2.79. The number of nitrogens with one attached hydrogen (secondary N) is 1. The van der Waals surface area contributed by atoms with Crippen molar-refractivity contribution in [2.75, 3.05) is 6.54 Å². The van der Waals surface area contributed by atoms with Gasteiger partial charge in [0.25, 0.3) is 0 Å². The SMILES string of the molecule is CCCNCc1cc(Br)cc(C)c1OC(C)CCC. The van der Waals surface area contributed by atoms with Crippen LogP contribution in [0.1, 0.15) is 51.2 Å². The minimum Gasteiger partial charge on any atom is -0.490 e. The number of ether oxygens (including phenoxy) is 1. The van der Waals surface area contributed by atoms with E-state index in [2.05, 4.69) is 61.1 Å². The zero-order valence-electron chi connectivity index (χ0n) is 12.6. The lowest BCUT2D eigenvalue weighted by molar-refractivity contribution is 0.206. The lowest BCUT2D eigenvalue weighted by Gasteiger charge is -2.20. The van der Waals surface area contributed by atoms with Gasteiger partial charge in [0, 0.05) is 16.6 Å². The Hall–Kier alpha value is -0.540. The summed E-state index contributed by atoms with van der Waals surface area (Å²) in [6.45, 7) is 10.5. The molecule has 0 aliphatic heterocycles. The van der Waals surface area contributed by atoms with Crippen LogP contribution in [0.15, 0.2) is 16.6 Å². The maximum atomic E-state index is 6.14. The first-order chi connectivity index (χ1) is 9.08. The predicted octanol–water partition coefficient (Wildman–Crippen LogP) is 4.82. The third-order valence-corrected chi connectivity index (χ3v) is 3.53. The minimum absolute atomic E-state index is 0.273. The van der Waals surface area contributed by atoms with Gasteiger partial charge in [-0.3, -0.25) is 0 Å². The molecular formula is C16H26BrNO. The zero-order valence-corrected chi connectivity index (χ0v) is 14.1. The van der Waals surface area contributed by atoms with Crippen LogP contribution in [0.5, 0.6) is 5.75 Å². The first kappa shape index (κ1) is 16.5. The average molecular weight is 328 g/mol. The summed E-state index contributed by atoms with van der Waals surface area (Å²) in [6, 6.07) is 4.28. The van der Waals surface area contributed by atoms with E-state index in [4.69, 9.17) is 4.74 Å². The van der Waals surface area contributed by atoms with Crippen molar-refractivity contribution in [2.45, 2.75) is 59.6 Å². The van der Waals surface area contributed by atoms with Crippen LogP contribution >= 0.6 is 15.9 Å².